The Labute approximate surface area is 122 Å². The molecule has 7 nitrogen and oxygen atoms in total. The van der Waals surface area contributed by atoms with Crippen molar-refractivity contribution in [2.75, 3.05) is 25.5 Å². The van der Waals surface area contributed by atoms with Crippen LogP contribution in [0, 0.1) is 0 Å². The molecule has 114 valence electrons. The molecule has 0 spiro atoms. The number of urea groups is 1. The maximum Gasteiger partial charge on any atom is 0.337 e. The van der Waals surface area contributed by atoms with Gasteiger partial charge in [-0.05, 0) is 31.2 Å². The molecular formula is C14H19N3O4. The highest BCUT2D eigenvalue weighted by Gasteiger charge is 2.24. The highest BCUT2D eigenvalue weighted by Crippen LogP contribution is 2.12. The van der Waals surface area contributed by atoms with Gasteiger partial charge in [-0.25, -0.2) is 9.59 Å². The fourth-order valence-electron chi connectivity index (χ4n) is 2.17. The summed E-state index contributed by atoms with van der Waals surface area (Å²) in [5, 5.41) is 18.2. The van der Waals surface area contributed by atoms with Crippen LogP contribution >= 0.6 is 0 Å². The van der Waals surface area contributed by atoms with Crippen LogP contribution in [0.25, 0.3) is 0 Å². The number of methoxy groups -OCH3 is 1. The number of amides is 2. The second kappa shape index (κ2) is 7.05. The van der Waals surface area contributed by atoms with Crippen molar-refractivity contribution in [3.05, 3.63) is 29.8 Å². The molecule has 1 saturated heterocycles. The smallest absolute Gasteiger partial charge is 0.337 e. The Morgan fingerprint density at radius 2 is 2.24 bits per heavy atom. The summed E-state index contributed by atoms with van der Waals surface area (Å²) in [6, 6.07) is 5.69. The number of carbonyl (C=O) groups is 2. The van der Waals surface area contributed by atoms with Gasteiger partial charge in [0.2, 0.25) is 0 Å². The summed E-state index contributed by atoms with van der Waals surface area (Å²) in [6.07, 6.45) is 0.0429. The first-order chi connectivity index (χ1) is 10.1. The number of ether oxygens (including phenoxy) is 1. The molecule has 1 aliphatic rings. The van der Waals surface area contributed by atoms with Crippen LogP contribution in [-0.2, 0) is 4.74 Å². The van der Waals surface area contributed by atoms with Gasteiger partial charge in [-0.3, -0.25) is 0 Å². The van der Waals surface area contributed by atoms with Crippen LogP contribution in [0.2, 0.25) is 0 Å². The van der Waals surface area contributed by atoms with Crippen molar-refractivity contribution in [1.29, 1.82) is 0 Å². The molecule has 2 rings (SSSR count). The Hall–Kier alpha value is -2.12. The van der Waals surface area contributed by atoms with Gasteiger partial charge in [0.15, 0.2) is 0 Å². The van der Waals surface area contributed by atoms with E-state index in [-0.39, 0.29) is 6.04 Å². The SMILES string of the molecule is COC(=O)c1cccc(NC(=O)NC2CNCCC2O)c1. The Bertz CT molecular complexity index is 521. The lowest BCUT2D eigenvalue weighted by Crippen LogP contribution is -2.54. The first kappa shape index (κ1) is 15.3. The second-order valence-electron chi connectivity index (χ2n) is 4.84. The van der Waals surface area contributed by atoms with E-state index in [9.17, 15) is 14.7 Å². The molecule has 7 heteroatoms. The average Bonchev–Trinajstić information content (AvgIpc) is 2.49. The second-order valence-corrected chi connectivity index (χ2v) is 4.84. The van der Waals surface area contributed by atoms with Gasteiger partial charge in [-0.2, -0.15) is 0 Å². The lowest BCUT2D eigenvalue weighted by atomic mass is 10.0. The van der Waals surface area contributed by atoms with Crippen LogP contribution in [0.15, 0.2) is 24.3 Å². The normalized spacial score (nSPS) is 21.4. The van der Waals surface area contributed by atoms with Crippen LogP contribution in [-0.4, -0.2) is 49.5 Å². The van der Waals surface area contributed by atoms with Gasteiger partial charge in [-0.15, -0.1) is 0 Å². The van der Waals surface area contributed by atoms with Crippen molar-refractivity contribution in [3.8, 4) is 0 Å². The summed E-state index contributed by atoms with van der Waals surface area (Å²) < 4.78 is 4.62. The summed E-state index contributed by atoms with van der Waals surface area (Å²) >= 11 is 0. The number of rotatable bonds is 3. The molecule has 0 aromatic heterocycles. The minimum Gasteiger partial charge on any atom is -0.465 e. The lowest BCUT2D eigenvalue weighted by molar-refractivity contribution is 0.0600. The molecule has 2 unspecified atom stereocenters. The number of aliphatic hydroxyl groups is 1. The molecule has 1 aromatic carbocycles. The third kappa shape index (κ3) is 4.17. The Kier molecular flexibility index (Phi) is 5.13. The number of anilines is 1. The monoisotopic (exact) mass is 293 g/mol. The van der Waals surface area contributed by atoms with E-state index in [4.69, 9.17) is 0 Å². The maximum absolute atomic E-state index is 11.9. The van der Waals surface area contributed by atoms with Crippen LogP contribution in [0.1, 0.15) is 16.8 Å². The number of nitrogens with one attached hydrogen (secondary N) is 3. The van der Waals surface area contributed by atoms with Crippen molar-refractivity contribution in [2.45, 2.75) is 18.6 Å². The van der Waals surface area contributed by atoms with Gasteiger partial charge in [-0.1, -0.05) is 6.07 Å². The average molecular weight is 293 g/mol. The topological polar surface area (TPSA) is 99.7 Å². The molecule has 1 fully saturated rings. The summed E-state index contributed by atoms with van der Waals surface area (Å²) in [5.74, 6) is -0.467. The molecule has 2 amide bonds. The number of hydrogen-bond donors (Lipinski definition) is 4. The molecule has 1 aliphatic heterocycles. The van der Waals surface area contributed by atoms with Gasteiger partial charge in [0.05, 0.1) is 24.8 Å². The molecule has 0 radical (unpaired) electrons. The summed E-state index contributed by atoms with van der Waals surface area (Å²) in [4.78, 5) is 23.3. The van der Waals surface area contributed by atoms with E-state index < -0.39 is 18.1 Å². The number of esters is 1. The predicted molar refractivity (Wildman–Crippen MR) is 77.2 cm³/mol. The van der Waals surface area contributed by atoms with Gasteiger partial charge in [0.25, 0.3) is 0 Å². The molecule has 0 saturated carbocycles. The minimum atomic E-state index is -0.557. The van der Waals surface area contributed by atoms with Crippen LogP contribution in [0.5, 0.6) is 0 Å². The molecule has 1 aromatic rings. The first-order valence-electron chi connectivity index (χ1n) is 6.75. The molecular weight excluding hydrogens is 274 g/mol. The van der Waals surface area contributed by atoms with Gasteiger partial charge < -0.3 is 25.8 Å². The van der Waals surface area contributed by atoms with Crippen molar-refractivity contribution >= 4 is 17.7 Å². The number of aliphatic hydroxyl groups excluding tert-OH is 1. The lowest BCUT2D eigenvalue weighted by Gasteiger charge is -2.29. The van der Waals surface area contributed by atoms with Gasteiger partial charge >= 0.3 is 12.0 Å². The molecule has 21 heavy (non-hydrogen) atoms. The zero-order chi connectivity index (χ0) is 15.2. The van der Waals surface area contributed by atoms with E-state index in [0.29, 0.717) is 24.2 Å². The molecule has 4 N–H and O–H groups in total. The zero-order valence-corrected chi connectivity index (χ0v) is 11.8. The predicted octanol–water partition coefficient (Wildman–Crippen LogP) is 0.317. The van der Waals surface area contributed by atoms with E-state index in [2.05, 4.69) is 20.7 Å². The van der Waals surface area contributed by atoms with Crippen LogP contribution < -0.4 is 16.0 Å². The maximum atomic E-state index is 11.9. The van der Waals surface area contributed by atoms with Crippen molar-refractivity contribution in [1.82, 2.24) is 10.6 Å². The molecule has 2 atom stereocenters. The third-order valence-electron chi connectivity index (χ3n) is 3.30. The van der Waals surface area contributed by atoms with E-state index in [1.165, 1.54) is 13.2 Å². The van der Waals surface area contributed by atoms with E-state index in [0.717, 1.165) is 6.54 Å². The van der Waals surface area contributed by atoms with Crippen molar-refractivity contribution in [2.24, 2.45) is 0 Å². The fraction of sp³-hybridized carbons (Fsp3) is 0.429. The number of benzene rings is 1. The summed E-state index contributed by atoms with van der Waals surface area (Å²) in [5.41, 5.74) is 0.836. The summed E-state index contributed by atoms with van der Waals surface area (Å²) in [6.45, 7) is 1.26. The van der Waals surface area contributed by atoms with E-state index in [1.807, 2.05) is 0 Å². The Morgan fingerprint density at radius 3 is 2.95 bits per heavy atom. The van der Waals surface area contributed by atoms with Gasteiger partial charge in [0.1, 0.15) is 0 Å². The van der Waals surface area contributed by atoms with Crippen LogP contribution in [0.3, 0.4) is 0 Å². The molecule has 0 aliphatic carbocycles. The zero-order valence-electron chi connectivity index (χ0n) is 11.8. The highest BCUT2D eigenvalue weighted by atomic mass is 16.5. The van der Waals surface area contributed by atoms with Gasteiger partial charge in [0, 0.05) is 12.2 Å². The quantitative estimate of drug-likeness (QED) is 0.601. The minimum absolute atomic E-state index is 0.331. The Balaban J connectivity index is 1.94. The molecule has 1 heterocycles. The highest BCUT2D eigenvalue weighted by molar-refractivity contribution is 5.93. The fourth-order valence-corrected chi connectivity index (χ4v) is 2.17. The van der Waals surface area contributed by atoms with Crippen molar-refractivity contribution < 1.29 is 19.4 Å². The molecule has 0 bridgehead atoms. The van der Waals surface area contributed by atoms with Crippen molar-refractivity contribution in [3.63, 3.8) is 0 Å². The number of piperidine rings is 1. The Morgan fingerprint density at radius 1 is 1.43 bits per heavy atom. The largest absolute Gasteiger partial charge is 0.465 e. The van der Waals surface area contributed by atoms with E-state index >= 15 is 0 Å². The standard InChI is InChI=1S/C14H19N3O4/c1-21-13(19)9-3-2-4-10(7-9)16-14(20)17-11-8-15-6-5-12(11)18/h2-4,7,11-12,15,18H,5-6,8H2,1H3,(H2,16,17,20). The van der Waals surface area contributed by atoms with Crippen LogP contribution in [0.4, 0.5) is 10.5 Å². The third-order valence-corrected chi connectivity index (χ3v) is 3.30. The first-order valence-corrected chi connectivity index (χ1v) is 6.75. The summed E-state index contributed by atoms with van der Waals surface area (Å²) in [7, 11) is 1.30. The number of carbonyl (C=O) groups excluding carboxylic acids is 2. The number of hydrogen-bond acceptors (Lipinski definition) is 5. The van der Waals surface area contributed by atoms with E-state index in [1.54, 1.807) is 18.2 Å².